The lowest BCUT2D eigenvalue weighted by molar-refractivity contribution is -0.144. The fourth-order valence-corrected chi connectivity index (χ4v) is 4.67. The molecule has 0 heterocycles. The highest BCUT2D eigenvalue weighted by Crippen LogP contribution is 2.13. The minimum Gasteiger partial charge on any atom is -0.466 e. The van der Waals surface area contributed by atoms with Crippen LogP contribution in [0, 0.1) is 0 Å². The van der Waals surface area contributed by atoms with Gasteiger partial charge in [0, 0.05) is 12.8 Å². The summed E-state index contributed by atoms with van der Waals surface area (Å²) < 4.78 is 10.3. The van der Waals surface area contributed by atoms with E-state index >= 15 is 0 Å². The first-order chi connectivity index (χ1) is 19.6. The lowest BCUT2D eigenvalue weighted by Gasteiger charge is -2.04. The van der Waals surface area contributed by atoms with Gasteiger partial charge in [0.1, 0.15) is 0 Å². The molecule has 0 aromatic rings. The maximum atomic E-state index is 11.4. The number of unbranched alkanes of at least 4 members (excludes halogenated alkanes) is 22. The van der Waals surface area contributed by atoms with Crippen molar-refractivity contribution in [1.82, 2.24) is 0 Å². The fraction of sp³-hybridized carbons (Fsp3) is 0.944. The van der Waals surface area contributed by atoms with Gasteiger partial charge in [0.15, 0.2) is 0 Å². The van der Waals surface area contributed by atoms with Gasteiger partial charge in [-0.15, -0.1) is 0 Å². The van der Waals surface area contributed by atoms with Gasteiger partial charge in [0.2, 0.25) is 0 Å². The molecule has 40 heavy (non-hydrogen) atoms. The average molecular weight is 569 g/mol. The number of esters is 2. The smallest absolute Gasteiger partial charge is 0.305 e. The monoisotopic (exact) mass is 569 g/mol. The molecule has 0 atom stereocenters. The third-order valence-electron chi connectivity index (χ3n) is 7.49. The van der Waals surface area contributed by atoms with Gasteiger partial charge in [-0.1, -0.05) is 169 Å². The van der Waals surface area contributed by atoms with Crippen molar-refractivity contribution in [1.29, 1.82) is 0 Å². The lowest BCUT2D eigenvalue weighted by atomic mass is 10.1. The van der Waals surface area contributed by atoms with Crippen molar-refractivity contribution in [2.24, 2.45) is 0 Å². The van der Waals surface area contributed by atoms with E-state index in [1.54, 1.807) is 0 Å². The standard InChI is InChI=1S/2C18H36O2/c2*1-3-5-7-8-9-10-11-12-13-14-15-16-18(19)20-17-6-4-2/h2*3-17H2,1-2H3. The molecule has 4 heteroatoms. The number of carbonyl (C=O) groups is 2. The van der Waals surface area contributed by atoms with Crippen LogP contribution in [0.25, 0.3) is 0 Å². The second kappa shape index (κ2) is 37.9. The first-order valence-electron chi connectivity index (χ1n) is 17.9. The van der Waals surface area contributed by atoms with Crippen LogP contribution in [-0.4, -0.2) is 25.2 Å². The van der Waals surface area contributed by atoms with Crippen LogP contribution >= 0.6 is 0 Å². The molecular formula is C36H72O4. The third-order valence-corrected chi connectivity index (χ3v) is 7.49. The second-order valence-corrected chi connectivity index (χ2v) is 11.7. The topological polar surface area (TPSA) is 52.6 Å². The molecule has 0 N–H and O–H groups in total. The Hall–Kier alpha value is -1.06. The number of ether oxygens (including phenoxy) is 2. The summed E-state index contributed by atoms with van der Waals surface area (Å²) in [5.41, 5.74) is 0. The van der Waals surface area contributed by atoms with Gasteiger partial charge in [-0.25, -0.2) is 0 Å². The first-order valence-corrected chi connectivity index (χ1v) is 17.9. The SMILES string of the molecule is CCCCCCCCCCCCCC(=O)OCCCC.CCCCCCCCCCCCCC(=O)OCCCC. The van der Waals surface area contributed by atoms with E-state index in [1.807, 2.05) is 0 Å². The lowest BCUT2D eigenvalue weighted by Crippen LogP contribution is -2.05. The minimum atomic E-state index is -0.00521. The highest BCUT2D eigenvalue weighted by Gasteiger charge is 2.03. The van der Waals surface area contributed by atoms with Gasteiger partial charge in [0.05, 0.1) is 13.2 Å². The molecule has 240 valence electrons. The first kappa shape index (κ1) is 41.1. The molecule has 0 aliphatic rings. The highest BCUT2D eigenvalue weighted by molar-refractivity contribution is 5.69. The molecule has 0 radical (unpaired) electrons. The largest absolute Gasteiger partial charge is 0.466 e. The second-order valence-electron chi connectivity index (χ2n) is 11.7. The zero-order valence-corrected chi connectivity index (χ0v) is 27.8. The number of rotatable bonds is 30. The summed E-state index contributed by atoms with van der Waals surface area (Å²) in [7, 11) is 0. The van der Waals surface area contributed by atoms with Crippen LogP contribution in [0.15, 0.2) is 0 Å². The number of hydrogen-bond donors (Lipinski definition) is 0. The maximum absolute atomic E-state index is 11.4. The van der Waals surface area contributed by atoms with Crippen LogP contribution in [0.4, 0.5) is 0 Å². The molecule has 0 rings (SSSR count). The molecule has 0 spiro atoms. The predicted molar refractivity (Wildman–Crippen MR) is 174 cm³/mol. The predicted octanol–water partition coefficient (Wildman–Crippen LogP) is 12.1. The van der Waals surface area contributed by atoms with Crippen LogP contribution in [-0.2, 0) is 19.1 Å². The van der Waals surface area contributed by atoms with Crippen molar-refractivity contribution >= 4 is 11.9 Å². The van der Waals surface area contributed by atoms with Gasteiger partial charge in [0.25, 0.3) is 0 Å². The Morgan fingerprint density at radius 3 is 0.800 bits per heavy atom. The molecular weight excluding hydrogens is 496 g/mol. The van der Waals surface area contributed by atoms with Gasteiger partial charge >= 0.3 is 11.9 Å². The van der Waals surface area contributed by atoms with Crippen LogP contribution in [0.5, 0.6) is 0 Å². The Balaban J connectivity index is 0. The summed E-state index contributed by atoms with van der Waals surface area (Å²) >= 11 is 0. The molecule has 0 aliphatic heterocycles. The molecule has 4 nitrogen and oxygen atoms in total. The Kier molecular flexibility index (Phi) is 39.0. The summed E-state index contributed by atoms with van der Waals surface area (Å²) in [5.74, 6) is -0.0104. The highest BCUT2D eigenvalue weighted by atomic mass is 16.5. The van der Waals surface area contributed by atoms with Crippen LogP contribution in [0.3, 0.4) is 0 Å². The minimum absolute atomic E-state index is 0.00521. The van der Waals surface area contributed by atoms with E-state index in [4.69, 9.17) is 9.47 Å². The molecule has 0 unspecified atom stereocenters. The van der Waals surface area contributed by atoms with Crippen molar-refractivity contribution in [3.8, 4) is 0 Å². The number of carbonyl (C=O) groups excluding carboxylic acids is 2. The van der Waals surface area contributed by atoms with E-state index in [2.05, 4.69) is 27.7 Å². The van der Waals surface area contributed by atoms with Crippen LogP contribution in [0.2, 0.25) is 0 Å². The van der Waals surface area contributed by atoms with Crippen molar-refractivity contribution in [3.05, 3.63) is 0 Å². The Labute approximate surface area is 251 Å². The maximum Gasteiger partial charge on any atom is 0.305 e. The fourth-order valence-electron chi connectivity index (χ4n) is 4.67. The van der Waals surface area contributed by atoms with E-state index in [-0.39, 0.29) is 11.9 Å². The Morgan fingerprint density at radius 2 is 0.550 bits per heavy atom. The van der Waals surface area contributed by atoms with E-state index in [0.717, 1.165) is 38.5 Å². The Bertz CT molecular complexity index is 447. The zero-order chi connectivity index (χ0) is 29.8. The molecule has 0 aromatic carbocycles. The van der Waals surface area contributed by atoms with Crippen LogP contribution in [0.1, 0.15) is 207 Å². The van der Waals surface area contributed by atoms with E-state index in [0.29, 0.717) is 26.1 Å². The molecule has 0 fully saturated rings. The normalized spacial score (nSPS) is 10.7. The summed E-state index contributed by atoms with van der Waals surface area (Å²) in [6.07, 6.45) is 34.4. The quantitative estimate of drug-likeness (QED) is 0.0638. The van der Waals surface area contributed by atoms with Gasteiger partial charge in [-0.05, 0) is 25.7 Å². The zero-order valence-electron chi connectivity index (χ0n) is 27.8. The molecule has 0 amide bonds. The third kappa shape index (κ3) is 39.1. The average Bonchev–Trinajstić information content (AvgIpc) is 2.95. The molecule has 0 bridgehead atoms. The summed E-state index contributed by atoms with van der Waals surface area (Å²) in [5, 5.41) is 0. The molecule has 0 aromatic heterocycles. The Morgan fingerprint density at radius 1 is 0.325 bits per heavy atom. The van der Waals surface area contributed by atoms with E-state index in [9.17, 15) is 9.59 Å². The summed E-state index contributed by atoms with van der Waals surface area (Å²) in [6, 6.07) is 0. The van der Waals surface area contributed by atoms with Crippen molar-refractivity contribution in [2.45, 2.75) is 207 Å². The van der Waals surface area contributed by atoms with Gasteiger partial charge in [-0.3, -0.25) is 9.59 Å². The number of hydrogen-bond acceptors (Lipinski definition) is 4. The summed E-state index contributed by atoms with van der Waals surface area (Å²) in [4.78, 5) is 22.7. The van der Waals surface area contributed by atoms with Crippen molar-refractivity contribution in [3.63, 3.8) is 0 Å². The van der Waals surface area contributed by atoms with Gasteiger partial charge < -0.3 is 9.47 Å². The molecule has 0 saturated carbocycles. The van der Waals surface area contributed by atoms with E-state index in [1.165, 1.54) is 128 Å². The van der Waals surface area contributed by atoms with Crippen molar-refractivity contribution in [2.75, 3.05) is 13.2 Å². The van der Waals surface area contributed by atoms with Gasteiger partial charge in [-0.2, -0.15) is 0 Å². The molecule has 0 saturated heterocycles. The van der Waals surface area contributed by atoms with Crippen LogP contribution < -0.4 is 0 Å². The van der Waals surface area contributed by atoms with Crippen molar-refractivity contribution < 1.29 is 19.1 Å². The summed E-state index contributed by atoms with van der Waals surface area (Å²) in [6.45, 7) is 9.95. The van der Waals surface area contributed by atoms with E-state index < -0.39 is 0 Å². The molecule has 0 aliphatic carbocycles.